The molecule has 0 aliphatic carbocycles. The highest BCUT2D eigenvalue weighted by Gasteiger charge is 2.09. The molecule has 1 heterocycles. The van der Waals surface area contributed by atoms with Gasteiger partial charge in [-0.25, -0.2) is 4.98 Å². The van der Waals surface area contributed by atoms with E-state index in [0.29, 0.717) is 5.92 Å². The summed E-state index contributed by atoms with van der Waals surface area (Å²) in [6.07, 6.45) is 2.67. The average Bonchev–Trinajstić information content (AvgIpc) is 2.51. The molecule has 0 spiro atoms. The van der Waals surface area contributed by atoms with E-state index in [1.165, 1.54) is 6.08 Å². The van der Waals surface area contributed by atoms with Crippen LogP contribution in [0.1, 0.15) is 35.8 Å². The van der Waals surface area contributed by atoms with Crippen molar-refractivity contribution in [3.63, 3.8) is 0 Å². The Bertz CT molecular complexity index is 267. The molecule has 66 valence electrons. The van der Waals surface area contributed by atoms with E-state index in [0.717, 1.165) is 9.88 Å². The molecule has 1 aromatic rings. The zero-order valence-electron chi connectivity index (χ0n) is 7.32. The molecule has 0 radical (unpaired) electrons. The normalized spacial score (nSPS) is 13.3. The summed E-state index contributed by atoms with van der Waals surface area (Å²) >= 11 is 1.54. The van der Waals surface area contributed by atoms with Crippen LogP contribution < -0.4 is 0 Å². The Balaban J connectivity index is 2.83. The molecule has 0 aliphatic heterocycles. The van der Waals surface area contributed by atoms with Gasteiger partial charge in [-0.05, 0) is 0 Å². The first kappa shape index (κ1) is 9.42. The fourth-order valence-corrected chi connectivity index (χ4v) is 1.73. The predicted octanol–water partition coefficient (Wildman–Crippen LogP) is 2.49. The van der Waals surface area contributed by atoms with Crippen molar-refractivity contribution in [1.82, 2.24) is 4.98 Å². The Hall–Kier alpha value is -0.670. The second kappa shape index (κ2) is 3.83. The molecule has 12 heavy (non-hydrogen) atoms. The van der Waals surface area contributed by atoms with Crippen LogP contribution in [0.15, 0.2) is 18.9 Å². The molecule has 0 amide bonds. The maximum atomic E-state index is 9.38. The number of thiazole rings is 1. The second-order valence-corrected chi connectivity index (χ2v) is 4.03. The summed E-state index contributed by atoms with van der Waals surface area (Å²) in [4.78, 5) is 5.06. The van der Waals surface area contributed by atoms with Crippen molar-refractivity contribution in [3.8, 4) is 0 Å². The van der Waals surface area contributed by atoms with Crippen molar-refractivity contribution in [2.24, 2.45) is 0 Å². The molecule has 0 aromatic carbocycles. The Labute approximate surface area is 76.6 Å². The number of aliphatic hydroxyl groups is 1. The van der Waals surface area contributed by atoms with E-state index in [2.05, 4.69) is 25.4 Å². The van der Waals surface area contributed by atoms with Gasteiger partial charge in [0.2, 0.25) is 0 Å². The highest BCUT2D eigenvalue weighted by molar-refractivity contribution is 7.11. The van der Waals surface area contributed by atoms with E-state index >= 15 is 0 Å². The van der Waals surface area contributed by atoms with Crippen LogP contribution in [0.3, 0.4) is 0 Å². The van der Waals surface area contributed by atoms with Gasteiger partial charge in [0.05, 0.1) is 9.88 Å². The van der Waals surface area contributed by atoms with Crippen LogP contribution in [-0.4, -0.2) is 10.1 Å². The lowest BCUT2D eigenvalue weighted by Crippen LogP contribution is -1.86. The molecular weight excluding hydrogens is 170 g/mol. The minimum Gasteiger partial charge on any atom is -0.383 e. The lowest BCUT2D eigenvalue weighted by Gasteiger charge is -1.99. The van der Waals surface area contributed by atoms with Crippen LogP contribution in [0.5, 0.6) is 0 Å². The number of hydrogen-bond donors (Lipinski definition) is 1. The van der Waals surface area contributed by atoms with Gasteiger partial charge in [0.1, 0.15) is 6.10 Å². The van der Waals surface area contributed by atoms with Gasteiger partial charge in [-0.3, -0.25) is 0 Å². The first-order valence-electron chi connectivity index (χ1n) is 3.91. The topological polar surface area (TPSA) is 33.1 Å². The molecule has 0 aliphatic rings. The summed E-state index contributed by atoms with van der Waals surface area (Å²) in [6.45, 7) is 7.69. The van der Waals surface area contributed by atoms with Gasteiger partial charge in [0.15, 0.2) is 0 Å². The van der Waals surface area contributed by atoms with Crippen molar-refractivity contribution in [2.75, 3.05) is 0 Å². The van der Waals surface area contributed by atoms with Crippen LogP contribution in [0.2, 0.25) is 0 Å². The van der Waals surface area contributed by atoms with Gasteiger partial charge in [-0.15, -0.1) is 17.9 Å². The zero-order chi connectivity index (χ0) is 9.14. The lowest BCUT2D eigenvalue weighted by molar-refractivity contribution is 0.232. The van der Waals surface area contributed by atoms with Crippen LogP contribution in [-0.2, 0) is 0 Å². The summed E-state index contributed by atoms with van der Waals surface area (Å²) in [5.74, 6) is 0.431. The van der Waals surface area contributed by atoms with Gasteiger partial charge in [-0.1, -0.05) is 19.9 Å². The summed E-state index contributed by atoms with van der Waals surface area (Å²) in [7, 11) is 0. The first-order chi connectivity index (χ1) is 5.65. The fraction of sp³-hybridized carbons (Fsp3) is 0.444. The van der Waals surface area contributed by atoms with E-state index < -0.39 is 6.10 Å². The minimum atomic E-state index is -0.560. The molecule has 0 bridgehead atoms. The third-order valence-electron chi connectivity index (χ3n) is 1.55. The summed E-state index contributed by atoms with van der Waals surface area (Å²) in [6, 6.07) is 0. The third kappa shape index (κ3) is 1.93. The minimum absolute atomic E-state index is 0.431. The van der Waals surface area contributed by atoms with Crippen molar-refractivity contribution in [3.05, 3.63) is 28.7 Å². The van der Waals surface area contributed by atoms with Crippen molar-refractivity contribution in [2.45, 2.75) is 25.9 Å². The van der Waals surface area contributed by atoms with Gasteiger partial charge in [0, 0.05) is 12.1 Å². The summed E-state index contributed by atoms with van der Waals surface area (Å²) in [5, 5.41) is 10.4. The van der Waals surface area contributed by atoms with Crippen molar-refractivity contribution >= 4 is 11.3 Å². The lowest BCUT2D eigenvalue weighted by atomic mass is 10.2. The molecule has 3 heteroatoms. The zero-order valence-corrected chi connectivity index (χ0v) is 8.14. The first-order valence-corrected chi connectivity index (χ1v) is 4.73. The Morgan fingerprint density at radius 1 is 1.67 bits per heavy atom. The number of rotatable bonds is 3. The van der Waals surface area contributed by atoms with Crippen molar-refractivity contribution < 1.29 is 5.11 Å². The van der Waals surface area contributed by atoms with Gasteiger partial charge in [-0.2, -0.15) is 0 Å². The molecule has 0 saturated carbocycles. The van der Waals surface area contributed by atoms with E-state index in [1.54, 1.807) is 17.5 Å². The quantitative estimate of drug-likeness (QED) is 0.730. The Morgan fingerprint density at radius 3 is 2.75 bits per heavy atom. The molecule has 0 fully saturated rings. The van der Waals surface area contributed by atoms with Gasteiger partial charge < -0.3 is 5.11 Å². The molecule has 2 nitrogen and oxygen atoms in total. The predicted molar refractivity (Wildman–Crippen MR) is 51.4 cm³/mol. The SMILES string of the molecule is C=CC(O)c1cnc(C(C)C)s1. The molecule has 1 N–H and O–H groups in total. The highest BCUT2D eigenvalue weighted by Crippen LogP contribution is 2.25. The van der Waals surface area contributed by atoms with Crippen LogP contribution in [0.4, 0.5) is 0 Å². The number of aromatic nitrogens is 1. The smallest absolute Gasteiger partial charge is 0.108 e. The molecular formula is C9H13NOS. The second-order valence-electron chi connectivity index (χ2n) is 2.94. The molecule has 1 unspecified atom stereocenters. The fourth-order valence-electron chi connectivity index (χ4n) is 0.821. The van der Waals surface area contributed by atoms with E-state index in [9.17, 15) is 5.11 Å². The summed E-state index contributed by atoms with van der Waals surface area (Å²) in [5.41, 5.74) is 0. The maximum Gasteiger partial charge on any atom is 0.108 e. The average molecular weight is 183 g/mol. The standard InChI is InChI=1S/C9H13NOS/c1-4-7(11)8-5-10-9(12-8)6(2)3/h4-7,11H,1H2,2-3H3. The largest absolute Gasteiger partial charge is 0.383 e. The number of nitrogens with zero attached hydrogens (tertiary/aromatic N) is 1. The monoisotopic (exact) mass is 183 g/mol. The van der Waals surface area contributed by atoms with Crippen LogP contribution in [0.25, 0.3) is 0 Å². The van der Waals surface area contributed by atoms with Crippen molar-refractivity contribution in [1.29, 1.82) is 0 Å². The number of hydrogen-bond acceptors (Lipinski definition) is 3. The third-order valence-corrected chi connectivity index (χ3v) is 2.92. The van der Waals surface area contributed by atoms with E-state index in [-0.39, 0.29) is 0 Å². The maximum absolute atomic E-state index is 9.38. The van der Waals surface area contributed by atoms with E-state index in [1.807, 2.05) is 0 Å². The van der Waals surface area contributed by atoms with Gasteiger partial charge >= 0.3 is 0 Å². The molecule has 1 atom stereocenters. The Morgan fingerprint density at radius 2 is 2.33 bits per heavy atom. The molecule has 1 rings (SSSR count). The van der Waals surface area contributed by atoms with E-state index in [4.69, 9.17) is 0 Å². The van der Waals surface area contributed by atoms with Gasteiger partial charge in [0.25, 0.3) is 0 Å². The van der Waals surface area contributed by atoms with Crippen LogP contribution in [0, 0.1) is 0 Å². The number of aliphatic hydroxyl groups excluding tert-OH is 1. The highest BCUT2D eigenvalue weighted by atomic mass is 32.1. The molecule has 0 saturated heterocycles. The molecule has 1 aromatic heterocycles. The van der Waals surface area contributed by atoms with Crippen LogP contribution >= 0.6 is 11.3 Å². The Kier molecular flexibility index (Phi) is 3.00. The summed E-state index contributed by atoms with van der Waals surface area (Å²) < 4.78 is 0.